The summed E-state index contributed by atoms with van der Waals surface area (Å²) >= 11 is 0. The minimum absolute atomic E-state index is 0.0290. The van der Waals surface area contributed by atoms with Gasteiger partial charge >= 0.3 is 6.03 Å². The van der Waals surface area contributed by atoms with Crippen molar-refractivity contribution in [3.8, 4) is 0 Å². The van der Waals surface area contributed by atoms with E-state index in [-0.39, 0.29) is 29.7 Å². The van der Waals surface area contributed by atoms with E-state index >= 15 is 0 Å². The van der Waals surface area contributed by atoms with Crippen molar-refractivity contribution in [3.05, 3.63) is 34.9 Å². The van der Waals surface area contributed by atoms with Gasteiger partial charge < -0.3 is 15.5 Å². The van der Waals surface area contributed by atoms with Crippen LogP contribution in [0.25, 0.3) is 0 Å². The molecule has 1 aliphatic carbocycles. The molecule has 178 valence electrons. The summed E-state index contributed by atoms with van der Waals surface area (Å²) in [4.78, 5) is 53.7. The average molecular weight is 455 g/mol. The van der Waals surface area contributed by atoms with E-state index in [1.54, 1.807) is 4.90 Å². The Morgan fingerprint density at radius 3 is 2.48 bits per heavy atom. The molecule has 1 unspecified atom stereocenters. The fraction of sp³-hybridized carbons (Fsp3) is 0.600. The van der Waals surface area contributed by atoms with Crippen LogP contribution in [0.5, 0.6) is 0 Å². The van der Waals surface area contributed by atoms with Crippen LogP contribution in [0.3, 0.4) is 0 Å². The summed E-state index contributed by atoms with van der Waals surface area (Å²) in [6.07, 6.45) is 5.39. The van der Waals surface area contributed by atoms with Crippen molar-refractivity contribution in [1.82, 2.24) is 20.4 Å². The highest BCUT2D eigenvalue weighted by atomic mass is 16.2. The number of imide groups is 1. The average Bonchev–Trinajstić information content (AvgIpc) is 3.35. The van der Waals surface area contributed by atoms with Crippen LogP contribution >= 0.6 is 0 Å². The molecule has 3 aliphatic rings. The van der Waals surface area contributed by atoms with E-state index in [0.717, 1.165) is 36.8 Å². The summed E-state index contributed by atoms with van der Waals surface area (Å²) in [5, 5.41) is 5.82. The maximum Gasteiger partial charge on any atom is 0.325 e. The van der Waals surface area contributed by atoms with Gasteiger partial charge in [0.2, 0.25) is 5.91 Å². The first-order valence-electron chi connectivity index (χ1n) is 12.1. The van der Waals surface area contributed by atoms with Gasteiger partial charge in [0.15, 0.2) is 0 Å². The Morgan fingerprint density at radius 2 is 1.79 bits per heavy atom. The second-order valence-electron chi connectivity index (χ2n) is 9.79. The fourth-order valence-electron chi connectivity index (χ4n) is 5.45. The van der Waals surface area contributed by atoms with Crippen LogP contribution in [0.1, 0.15) is 66.4 Å². The van der Waals surface area contributed by atoms with E-state index in [2.05, 4.69) is 10.6 Å². The number of benzene rings is 1. The lowest BCUT2D eigenvalue weighted by molar-refractivity contribution is -0.131. The minimum Gasteiger partial charge on any atom is -0.356 e. The lowest BCUT2D eigenvalue weighted by Gasteiger charge is -2.32. The topological polar surface area (TPSA) is 98.8 Å². The van der Waals surface area contributed by atoms with Gasteiger partial charge in [-0.1, -0.05) is 30.0 Å². The van der Waals surface area contributed by atoms with Gasteiger partial charge in [-0.25, -0.2) is 4.79 Å². The number of nitrogens with one attached hydrogen (secondary N) is 2. The molecule has 3 fully saturated rings. The summed E-state index contributed by atoms with van der Waals surface area (Å²) in [7, 11) is 0. The van der Waals surface area contributed by atoms with Crippen molar-refractivity contribution in [2.75, 3.05) is 26.2 Å². The van der Waals surface area contributed by atoms with Crippen molar-refractivity contribution in [1.29, 1.82) is 0 Å². The molecule has 8 heteroatoms. The number of nitrogens with zero attached hydrogens (tertiary/aromatic N) is 2. The summed E-state index contributed by atoms with van der Waals surface area (Å²) < 4.78 is 0. The lowest BCUT2D eigenvalue weighted by Crippen LogP contribution is -2.46. The van der Waals surface area contributed by atoms with E-state index in [4.69, 9.17) is 0 Å². The zero-order chi connectivity index (χ0) is 23.6. The Kier molecular flexibility index (Phi) is 6.72. The number of aryl methyl sites for hydroxylation is 2. The molecule has 5 amide bonds. The number of hydrogen-bond acceptors (Lipinski definition) is 4. The van der Waals surface area contributed by atoms with Gasteiger partial charge in [-0.2, -0.15) is 0 Å². The summed E-state index contributed by atoms with van der Waals surface area (Å²) in [5.74, 6) is -0.465. The van der Waals surface area contributed by atoms with Crippen LogP contribution in [0.4, 0.5) is 4.79 Å². The van der Waals surface area contributed by atoms with E-state index in [9.17, 15) is 19.2 Å². The smallest absolute Gasteiger partial charge is 0.325 e. The molecule has 4 rings (SSSR count). The van der Waals surface area contributed by atoms with Gasteiger partial charge in [-0.3, -0.25) is 19.3 Å². The minimum atomic E-state index is -0.686. The van der Waals surface area contributed by atoms with Gasteiger partial charge in [0.1, 0.15) is 5.54 Å². The molecule has 1 atom stereocenters. The van der Waals surface area contributed by atoms with Crippen LogP contribution in [-0.2, 0) is 9.59 Å². The fourth-order valence-corrected chi connectivity index (χ4v) is 5.45. The van der Waals surface area contributed by atoms with Crippen LogP contribution < -0.4 is 10.6 Å². The third-order valence-corrected chi connectivity index (χ3v) is 7.11. The highest BCUT2D eigenvalue weighted by molar-refractivity contribution is 6.07. The zero-order valence-electron chi connectivity index (χ0n) is 19.6. The molecule has 1 saturated carbocycles. The molecule has 2 heterocycles. The number of carbonyl (C=O) groups excluding carboxylic acids is 4. The number of piperidine rings is 1. The third kappa shape index (κ3) is 4.89. The monoisotopic (exact) mass is 454 g/mol. The second-order valence-corrected chi connectivity index (χ2v) is 9.79. The predicted molar refractivity (Wildman–Crippen MR) is 124 cm³/mol. The molecule has 1 spiro atoms. The third-order valence-electron chi connectivity index (χ3n) is 7.11. The maximum absolute atomic E-state index is 13.0. The molecular formula is C25H34N4O4. The van der Waals surface area contributed by atoms with Crippen molar-refractivity contribution in [2.45, 2.75) is 64.3 Å². The summed E-state index contributed by atoms with van der Waals surface area (Å²) in [6, 6.07) is 5.51. The molecule has 33 heavy (non-hydrogen) atoms. The maximum atomic E-state index is 13.0. The zero-order valence-corrected chi connectivity index (χ0v) is 19.6. The quantitative estimate of drug-likeness (QED) is 0.510. The van der Waals surface area contributed by atoms with Gasteiger partial charge in [-0.05, 0) is 58.1 Å². The molecular weight excluding hydrogens is 420 g/mol. The number of likely N-dealkylation sites (tertiary alicyclic amines) is 1. The molecule has 1 aromatic rings. The molecule has 2 aliphatic heterocycles. The van der Waals surface area contributed by atoms with Crippen molar-refractivity contribution in [2.24, 2.45) is 5.92 Å². The van der Waals surface area contributed by atoms with E-state index in [1.807, 2.05) is 32.0 Å². The first kappa shape index (κ1) is 23.3. The number of carbonyl (C=O) groups is 4. The Morgan fingerprint density at radius 1 is 1.09 bits per heavy atom. The Labute approximate surface area is 195 Å². The number of urea groups is 1. The molecule has 2 saturated heterocycles. The first-order valence-corrected chi connectivity index (χ1v) is 12.1. The predicted octanol–water partition coefficient (Wildman–Crippen LogP) is 2.53. The van der Waals surface area contributed by atoms with Crippen LogP contribution in [0.15, 0.2) is 18.2 Å². The van der Waals surface area contributed by atoms with Crippen molar-refractivity contribution in [3.63, 3.8) is 0 Å². The highest BCUT2D eigenvalue weighted by Crippen LogP contribution is 2.35. The molecule has 1 aromatic carbocycles. The molecule has 2 N–H and O–H groups in total. The first-order chi connectivity index (χ1) is 15.8. The van der Waals surface area contributed by atoms with Gasteiger partial charge in [0, 0.05) is 31.7 Å². The largest absolute Gasteiger partial charge is 0.356 e. The van der Waals surface area contributed by atoms with Gasteiger partial charge in [0.25, 0.3) is 11.8 Å². The second kappa shape index (κ2) is 9.53. The Bertz CT molecular complexity index is 933. The number of rotatable bonds is 6. The normalized spacial score (nSPS) is 22.1. The number of amides is 5. The molecule has 0 bridgehead atoms. The van der Waals surface area contributed by atoms with E-state index in [1.165, 1.54) is 4.90 Å². The van der Waals surface area contributed by atoms with Crippen LogP contribution in [-0.4, -0.2) is 65.3 Å². The van der Waals surface area contributed by atoms with Crippen molar-refractivity contribution < 1.29 is 19.2 Å². The Hall–Kier alpha value is -2.90. The standard InChI is InChI=1S/C25H34N4O4/c1-17-13-18(2)15-20(14-17)22(31)28-11-5-7-19(16-28)21(30)26-10-6-12-29-23(32)25(27-24(29)33)8-3-4-9-25/h13-15,19H,3-12,16H2,1-2H3,(H,26,30)(H,27,33). The van der Waals surface area contributed by atoms with Gasteiger partial charge in [0.05, 0.1) is 5.92 Å². The van der Waals surface area contributed by atoms with Crippen LogP contribution in [0.2, 0.25) is 0 Å². The SMILES string of the molecule is Cc1cc(C)cc(C(=O)N2CCCC(C(=O)NCCCN3C(=O)NC4(CCCC4)C3=O)C2)c1. The van der Waals surface area contributed by atoms with E-state index in [0.29, 0.717) is 51.0 Å². The van der Waals surface area contributed by atoms with Crippen LogP contribution in [0, 0.1) is 19.8 Å². The van der Waals surface area contributed by atoms with Crippen molar-refractivity contribution >= 4 is 23.8 Å². The lowest BCUT2D eigenvalue weighted by atomic mass is 9.96. The van der Waals surface area contributed by atoms with Gasteiger partial charge in [-0.15, -0.1) is 0 Å². The summed E-state index contributed by atoms with van der Waals surface area (Å²) in [6.45, 7) is 5.71. The molecule has 0 radical (unpaired) electrons. The molecule has 8 nitrogen and oxygen atoms in total. The summed E-state index contributed by atoms with van der Waals surface area (Å²) in [5.41, 5.74) is 2.08. The number of hydrogen-bond donors (Lipinski definition) is 2. The van der Waals surface area contributed by atoms with E-state index < -0.39 is 5.54 Å². The highest BCUT2D eigenvalue weighted by Gasteiger charge is 2.52. The molecule has 0 aromatic heterocycles. The Balaban J connectivity index is 1.24.